The number of rotatable bonds is 5. The number of carbonyl (C=O) groups excluding carboxylic acids is 1. The van der Waals surface area contributed by atoms with Gasteiger partial charge in [0, 0.05) is 25.4 Å². The van der Waals surface area contributed by atoms with Gasteiger partial charge < -0.3 is 14.2 Å². The van der Waals surface area contributed by atoms with Gasteiger partial charge in [-0.3, -0.25) is 9.53 Å². The molecule has 0 amide bonds. The fourth-order valence-corrected chi connectivity index (χ4v) is 3.83. The van der Waals surface area contributed by atoms with Crippen LogP contribution >= 0.6 is 0 Å². The van der Waals surface area contributed by atoms with E-state index in [4.69, 9.17) is 14.2 Å². The molecule has 1 spiro atoms. The first kappa shape index (κ1) is 17.1. The SMILES string of the molecule is CO[C@@H]1C(=O)[C@H](C)[C@]2(CO2)C[C@H]1[C@@]1(C)O[C@@H]1CCOC(F)(F)F. The van der Waals surface area contributed by atoms with Crippen molar-refractivity contribution in [2.75, 3.05) is 20.3 Å². The molecule has 5 nitrogen and oxygen atoms in total. The highest BCUT2D eigenvalue weighted by Crippen LogP contribution is 2.56. The molecule has 2 aliphatic heterocycles. The Bertz CT molecular complexity index is 490. The van der Waals surface area contributed by atoms with Gasteiger partial charge in [0.1, 0.15) is 11.7 Å². The van der Waals surface area contributed by atoms with E-state index in [2.05, 4.69) is 4.74 Å². The topological polar surface area (TPSA) is 60.6 Å². The molecule has 3 rings (SSSR count). The standard InChI is InChI=1S/C15H21F3O5/c1-8-11(19)12(20-3)9(6-14(8)7-22-14)13(2)10(23-13)4-5-21-15(16,17)18/h8-10,12H,4-7H2,1-3H3/t8-,9+,10+,12-,13+,14+/m0/s1. The van der Waals surface area contributed by atoms with Gasteiger partial charge in [-0.1, -0.05) is 6.92 Å². The highest BCUT2D eigenvalue weighted by Gasteiger charge is 2.68. The number of alkyl halides is 3. The van der Waals surface area contributed by atoms with E-state index in [0.717, 1.165) is 0 Å². The van der Waals surface area contributed by atoms with Crippen molar-refractivity contribution in [3.63, 3.8) is 0 Å². The summed E-state index contributed by atoms with van der Waals surface area (Å²) in [5, 5.41) is 0. The Morgan fingerprint density at radius 3 is 2.57 bits per heavy atom. The molecule has 0 aromatic carbocycles. The first-order valence-corrected chi connectivity index (χ1v) is 7.72. The summed E-state index contributed by atoms with van der Waals surface area (Å²) in [7, 11) is 1.47. The summed E-state index contributed by atoms with van der Waals surface area (Å²) in [5.74, 6) is -0.490. The van der Waals surface area contributed by atoms with Crippen LogP contribution in [0.1, 0.15) is 26.7 Å². The number of hydrogen-bond acceptors (Lipinski definition) is 5. The Labute approximate surface area is 132 Å². The highest BCUT2D eigenvalue weighted by atomic mass is 19.4. The molecular weight excluding hydrogens is 317 g/mol. The minimum atomic E-state index is -4.64. The van der Waals surface area contributed by atoms with Gasteiger partial charge in [0.25, 0.3) is 0 Å². The van der Waals surface area contributed by atoms with E-state index in [-0.39, 0.29) is 30.1 Å². The van der Waals surface area contributed by atoms with Gasteiger partial charge in [0.15, 0.2) is 5.78 Å². The number of halogens is 3. The molecule has 0 aromatic rings. The Morgan fingerprint density at radius 1 is 1.39 bits per heavy atom. The van der Waals surface area contributed by atoms with Crippen LogP contribution in [0.5, 0.6) is 0 Å². The van der Waals surface area contributed by atoms with Crippen molar-refractivity contribution < 1.29 is 36.9 Å². The molecule has 0 N–H and O–H groups in total. The molecule has 2 heterocycles. The number of ketones is 1. The smallest absolute Gasteiger partial charge is 0.373 e. The van der Waals surface area contributed by atoms with Crippen LogP contribution in [0.15, 0.2) is 0 Å². The second-order valence-electron chi connectivity index (χ2n) is 6.82. The third-order valence-corrected chi connectivity index (χ3v) is 5.56. The molecule has 3 aliphatic rings. The lowest BCUT2D eigenvalue weighted by atomic mass is 9.67. The Kier molecular flexibility index (Phi) is 4.03. The van der Waals surface area contributed by atoms with E-state index in [1.54, 1.807) is 0 Å². The molecule has 2 saturated heterocycles. The number of ether oxygens (including phenoxy) is 4. The van der Waals surface area contributed by atoms with Gasteiger partial charge in [-0.15, -0.1) is 13.2 Å². The van der Waals surface area contributed by atoms with Gasteiger partial charge in [0.2, 0.25) is 0 Å². The van der Waals surface area contributed by atoms with Crippen LogP contribution in [0.3, 0.4) is 0 Å². The number of Topliss-reactive ketones (excluding diaryl/α,β-unsaturated/α-hetero) is 1. The molecule has 0 unspecified atom stereocenters. The minimum Gasteiger partial charge on any atom is -0.373 e. The molecule has 6 atom stereocenters. The van der Waals surface area contributed by atoms with Crippen molar-refractivity contribution >= 4 is 5.78 Å². The average Bonchev–Trinajstić information content (AvgIpc) is 3.34. The first-order chi connectivity index (χ1) is 10.6. The van der Waals surface area contributed by atoms with Crippen LogP contribution in [-0.2, 0) is 23.7 Å². The van der Waals surface area contributed by atoms with E-state index >= 15 is 0 Å². The summed E-state index contributed by atoms with van der Waals surface area (Å²) in [4.78, 5) is 12.5. The quantitative estimate of drug-likeness (QED) is 0.718. The zero-order valence-corrected chi connectivity index (χ0v) is 13.3. The Hall–Kier alpha value is -0.700. The summed E-state index contributed by atoms with van der Waals surface area (Å²) < 4.78 is 56.5. The van der Waals surface area contributed by atoms with E-state index in [1.165, 1.54) is 7.11 Å². The molecule has 0 bridgehead atoms. The molecular formula is C15H21F3O5. The van der Waals surface area contributed by atoms with Crippen LogP contribution in [0.2, 0.25) is 0 Å². The van der Waals surface area contributed by atoms with E-state index in [1.807, 2.05) is 13.8 Å². The average molecular weight is 338 g/mol. The maximum Gasteiger partial charge on any atom is 0.522 e. The molecule has 8 heteroatoms. The van der Waals surface area contributed by atoms with E-state index < -0.39 is 30.3 Å². The number of carbonyl (C=O) groups is 1. The van der Waals surface area contributed by atoms with Crippen molar-refractivity contribution in [2.45, 2.75) is 56.5 Å². The first-order valence-electron chi connectivity index (χ1n) is 7.72. The zero-order valence-electron chi connectivity index (χ0n) is 13.3. The van der Waals surface area contributed by atoms with Crippen LogP contribution in [-0.4, -0.2) is 55.9 Å². The molecule has 3 fully saturated rings. The molecule has 0 aromatic heterocycles. The van der Waals surface area contributed by atoms with Gasteiger partial charge in [-0.2, -0.15) is 0 Å². The summed E-state index contributed by atoms with van der Waals surface area (Å²) in [6, 6.07) is 0. The second-order valence-corrected chi connectivity index (χ2v) is 6.82. The van der Waals surface area contributed by atoms with Crippen LogP contribution < -0.4 is 0 Å². The van der Waals surface area contributed by atoms with Gasteiger partial charge in [0.05, 0.1) is 24.9 Å². The zero-order chi connectivity index (χ0) is 17.0. The maximum atomic E-state index is 12.5. The normalized spacial score (nSPS) is 46.3. The molecule has 1 aliphatic carbocycles. The molecule has 1 saturated carbocycles. The van der Waals surface area contributed by atoms with Crippen molar-refractivity contribution in [2.24, 2.45) is 11.8 Å². The summed E-state index contributed by atoms with van der Waals surface area (Å²) in [5.41, 5.74) is -1.12. The summed E-state index contributed by atoms with van der Waals surface area (Å²) in [6.07, 6.45) is -4.88. The van der Waals surface area contributed by atoms with Gasteiger partial charge >= 0.3 is 6.36 Å². The van der Waals surface area contributed by atoms with Crippen molar-refractivity contribution in [3.05, 3.63) is 0 Å². The Morgan fingerprint density at radius 2 is 2.04 bits per heavy atom. The van der Waals surface area contributed by atoms with Crippen LogP contribution in [0, 0.1) is 11.8 Å². The fourth-order valence-electron chi connectivity index (χ4n) is 3.83. The lowest BCUT2D eigenvalue weighted by Crippen LogP contribution is -2.53. The number of epoxide rings is 2. The maximum absolute atomic E-state index is 12.5. The predicted octanol–water partition coefficient (Wildman–Crippen LogP) is 2.08. The highest BCUT2D eigenvalue weighted by molar-refractivity contribution is 5.88. The van der Waals surface area contributed by atoms with Crippen molar-refractivity contribution in [3.8, 4) is 0 Å². The third-order valence-electron chi connectivity index (χ3n) is 5.56. The van der Waals surface area contributed by atoms with Crippen molar-refractivity contribution in [1.29, 1.82) is 0 Å². The fraction of sp³-hybridized carbons (Fsp3) is 0.933. The van der Waals surface area contributed by atoms with E-state index in [0.29, 0.717) is 13.0 Å². The Balaban J connectivity index is 1.65. The third kappa shape index (κ3) is 3.01. The van der Waals surface area contributed by atoms with Crippen molar-refractivity contribution in [1.82, 2.24) is 0 Å². The monoisotopic (exact) mass is 338 g/mol. The minimum absolute atomic E-state index is 0.0248. The van der Waals surface area contributed by atoms with Crippen LogP contribution in [0.25, 0.3) is 0 Å². The summed E-state index contributed by atoms with van der Waals surface area (Å²) >= 11 is 0. The predicted molar refractivity (Wildman–Crippen MR) is 71.7 cm³/mol. The van der Waals surface area contributed by atoms with E-state index in [9.17, 15) is 18.0 Å². The number of methoxy groups -OCH3 is 1. The van der Waals surface area contributed by atoms with Crippen LogP contribution in [0.4, 0.5) is 13.2 Å². The second kappa shape index (κ2) is 5.40. The molecule has 23 heavy (non-hydrogen) atoms. The van der Waals surface area contributed by atoms with Gasteiger partial charge in [-0.05, 0) is 13.3 Å². The largest absolute Gasteiger partial charge is 0.522 e. The lowest BCUT2D eigenvalue weighted by Gasteiger charge is -2.39. The van der Waals surface area contributed by atoms with Gasteiger partial charge in [-0.25, -0.2) is 0 Å². The summed E-state index contributed by atoms with van der Waals surface area (Å²) in [6.45, 7) is 3.73. The molecule has 132 valence electrons. The number of hydrogen-bond donors (Lipinski definition) is 0. The lowest BCUT2D eigenvalue weighted by molar-refractivity contribution is -0.324. The molecule has 0 radical (unpaired) electrons.